The Morgan fingerprint density at radius 3 is 2.77 bits per heavy atom. The molecule has 1 unspecified atom stereocenters. The van der Waals surface area contributed by atoms with E-state index in [-0.39, 0.29) is 18.6 Å². The maximum atomic E-state index is 11.9. The third kappa shape index (κ3) is 4.60. The Morgan fingerprint density at radius 2 is 2.09 bits per heavy atom. The lowest BCUT2D eigenvalue weighted by Gasteiger charge is -2.12. The van der Waals surface area contributed by atoms with Gasteiger partial charge < -0.3 is 10.4 Å². The summed E-state index contributed by atoms with van der Waals surface area (Å²) >= 11 is 0. The van der Waals surface area contributed by atoms with Crippen LogP contribution in [0.2, 0.25) is 0 Å². The lowest BCUT2D eigenvalue weighted by molar-refractivity contribution is 0.227. The van der Waals surface area contributed by atoms with E-state index in [1.54, 1.807) is 4.68 Å². The average molecular weight is 302 g/mol. The molecule has 1 aromatic carbocycles. The standard InChI is InChI=1S/C16H22N4O2/c1-12(11-21)9-17-16(22)18-15-8-13(2)19-20(15)10-14-6-4-3-5-7-14/h3-8,12,21H,9-11H2,1-2H3,(H2,17,18,22). The number of anilines is 1. The summed E-state index contributed by atoms with van der Waals surface area (Å²) < 4.78 is 1.76. The second kappa shape index (κ2) is 7.61. The predicted molar refractivity (Wildman–Crippen MR) is 85.8 cm³/mol. The van der Waals surface area contributed by atoms with Gasteiger partial charge in [0.2, 0.25) is 0 Å². The summed E-state index contributed by atoms with van der Waals surface area (Å²) in [6.07, 6.45) is 0. The van der Waals surface area contributed by atoms with Crippen LogP contribution in [0.25, 0.3) is 0 Å². The van der Waals surface area contributed by atoms with E-state index in [9.17, 15) is 4.79 Å². The van der Waals surface area contributed by atoms with Crippen LogP contribution in [0, 0.1) is 12.8 Å². The van der Waals surface area contributed by atoms with E-state index in [4.69, 9.17) is 5.11 Å². The first kappa shape index (κ1) is 16.0. The van der Waals surface area contributed by atoms with Crippen LogP contribution in [0.1, 0.15) is 18.2 Å². The fourth-order valence-corrected chi connectivity index (χ4v) is 2.01. The quantitative estimate of drug-likeness (QED) is 0.763. The largest absolute Gasteiger partial charge is 0.396 e. The fraction of sp³-hybridized carbons (Fsp3) is 0.375. The molecule has 1 atom stereocenters. The topological polar surface area (TPSA) is 79.2 Å². The SMILES string of the molecule is Cc1cc(NC(=O)NCC(C)CO)n(Cc2ccccc2)n1. The summed E-state index contributed by atoms with van der Waals surface area (Å²) in [6, 6.07) is 11.5. The maximum Gasteiger partial charge on any atom is 0.320 e. The number of carbonyl (C=O) groups is 1. The number of nitrogens with one attached hydrogen (secondary N) is 2. The normalized spacial score (nSPS) is 12.0. The van der Waals surface area contributed by atoms with Gasteiger partial charge >= 0.3 is 6.03 Å². The van der Waals surface area contributed by atoms with Crippen molar-refractivity contribution in [3.05, 3.63) is 47.7 Å². The van der Waals surface area contributed by atoms with E-state index in [1.165, 1.54) is 0 Å². The molecule has 2 rings (SSSR count). The van der Waals surface area contributed by atoms with Gasteiger partial charge in [-0.05, 0) is 18.4 Å². The molecule has 0 radical (unpaired) electrons. The van der Waals surface area contributed by atoms with E-state index >= 15 is 0 Å². The molecule has 22 heavy (non-hydrogen) atoms. The number of aliphatic hydroxyl groups is 1. The van der Waals surface area contributed by atoms with E-state index in [0.717, 1.165) is 11.3 Å². The zero-order valence-corrected chi connectivity index (χ0v) is 12.9. The highest BCUT2D eigenvalue weighted by Crippen LogP contribution is 2.13. The van der Waals surface area contributed by atoms with Crippen molar-refractivity contribution in [2.45, 2.75) is 20.4 Å². The lowest BCUT2D eigenvalue weighted by Crippen LogP contribution is -2.34. The molecule has 0 aliphatic heterocycles. The number of aliphatic hydroxyl groups excluding tert-OH is 1. The van der Waals surface area contributed by atoms with Crippen LogP contribution >= 0.6 is 0 Å². The Labute approximate surface area is 130 Å². The number of hydrogen-bond acceptors (Lipinski definition) is 3. The van der Waals surface area contributed by atoms with Gasteiger partial charge in [-0.3, -0.25) is 5.32 Å². The third-order valence-corrected chi connectivity index (χ3v) is 3.24. The van der Waals surface area contributed by atoms with Gasteiger partial charge in [0, 0.05) is 19.2 Å². The van der Waals surface area contributed by atoms with Crippen molar-refractivity contribution in [1.82, 2.24) is 15.1 Å². The molecule has 0 bridgehead atoms. The highest BCUT2D eigenvalue weighted by molar-refractivity contribution is 5.88. The highest BCUT2D eigenvalue weighted by Gasteiger charge is 2.10. The molecule has 6 heteroatoms. The molecule has 0 saturated carbocycles. The fourth-order valence-electron chi connectivity index (χ4n) is 2.01. The summed E-state index contributed by atoms with van der Waals surface area (Å²) in [5.74, 6) is 0.678. The zero-order chi connectivity index (χ0) is 15.9. The van der Waals surface area contributed by atoms with Gasteiger partial charge in [0.1, 0.15) is 5.82 Å². The van der Waals surface area contributed by atoms with E-state index in [0.29, 0.717) is 18.9 Å². The van der Waals surface area contributed by atoms with Crippen molar-refractivity contribution >= 4 is 11.8 Å². The van der Waals surface area contributed by atoms with Crippen molar-refractivity contribution in [1.29, 1.82) is 0 Å². The average Bonchev–Trinajstić information content (AvgIpc) is 2.85. The van der Waals surface area contributed by atoms with Crippen molar-refractivity contribution in [2.24, 2.45) is 5.92 Å². The smallest absolute Gasteiger partial charge is 0.320 e. The maximum absolute atomic E-state index is 11.9. The Bertz CT molecular complexity index is 610. The van der Waals surface area contributed by atoms with Crippen LogP contribution in [0.4, 0.5) is 10.6 Å². The molecule has 2 amide bonds. The number of carbonyl (C=O) groups excluding carboxylic acids is 1. The summed E-state index contributed by atoms with van der Waals surface area (Å²) in [5, 5.41) is 18.9. The molecule has 2 aromatic rings. The number of nitrogens with zero attached hydrogens (tertiary/aromatic N) is 2. The Hall–Kier alpha value is -2.34. The van der Waals surface area contributed by atoms with Gasteiger partial charge in [-0.1, -0.05) is 37.3 Å². The molecular formula is C16H22N4O2. The second-order valence-electron chi connectivity index (χ2n) is 5.44. The number of amides is 2. The molecule has 0 spiro atoms. The summed E-state index contributed by atoms with van der Waals surface area (Å²) in [6.45, 7) is 4.82. The highest BCUT2D eigenvalue weighted by atomic mass is 16.3. The van der Waals surface area contributed by atoms with Crippen LogP contribution < -0.4 is 10.6 Å². The first-order valence-corrected chi connectivity index (χ1v) is 7.32. The molecule has 0 saturated heterocycles. The molecule has 0 aliphatic rings. The first-order chi connectivity index (χ1) is 10.6. The van der Waals surface area contributed by atoms with Crippen LogP contribution in [0.5, 0.6) is 0 Å². The van der Waals surface area contributed by atoms with Crippen molar-refractivity contribution in [3.63, 3.8) is 0 Å². The molecule has 0 aliphatic carbocycles. The van der Waals surface area contributed by atoms with Crippen molar-refractivity contribution in [2.75, 3.05) is 18.5 Å². The first-order valence-electron chi connectivity index (χ1n) is 7.32. The molecule has 3 N–H and O–H groups in total. The van der Waals surface area contributed by atoms with Gasteiger partial charge in [-0.15, -0.1) is 0 Å². The van der Waals surface area contributed by atoms with Crippen LogP contribution in [-0.4, -0.2) is 34.1 Å². The van der Waals surface area contributed by atoms with Crippen LogP contribution in [0.3, 0.4) is 0 Å². The number of aryl methyl sites for hydroxylation is 1. The number of benzene rings is 1. The minimum atomic E-state index is -0.297. The van der Waals surface area contributed by atoms with Crippen LogP contribution in [-0.2, 0) is 6.54 Å². The third-order valence-electron chi connectivity index (χ3n) is 3.24. The van der Waals surface area contributed by atoms with Gasteiger partial charge in [0.15, 0.2) is 0 Å². The number of aromatic nitrogens is 2. The number of hydrogen-bond donors (Lipinski definition) is 3. The predicted octanol–water partition coefficient (Wildman–Crippen LogP) is 1.99. The monoisotopic (exact) mass is 302 g/mol. The van der Waals surface area contributed by atoms with E-state index in [1.807, 2.05) is 50.2 Å². The lowest BCUT2D eigenvalue weighted by atomic mass is 10.2. The summed E-state index contributed by atoms with van der Waals surface area (Å²) in [7, 11) is 0. The van der Waals surface area contributed by atoms with E-state index < -0.39 is 0 Å². The van der Waals surface area contributed by atoms with Gasteiger partial charge in [0.25, 0.3) is 0 Å². The molecule has 118 valence electrons. The van der Waals surface area contributed by atoms with Gasteiger partial charge in [-0.25, -0.2) is 9.48 Å². The van der Waals surface area contributed by atoms with Crippen molar-refractivity contribution < 1.29 is 9.90 Å². The Balaban J connectivity index is 2.00. The van der Waals surface area contributed by atoms with Crippen molar-refractivity contribution in [3.8, 4) is 0 Å². The second-order valence-corrected chi connectivity index (χ2v) is 5.44. The Morgan fingerprint density at radius 1 is 1.36 bits per heavy atom. The molecular weight excluding hydrogens is 280 g/mol. The van der Waals surface area contributed by atoms with E-state index in [2.05, 4.69) is 15.7 Å². The van der Waals surface area contributed by atoms with Crippen LogP contribution in [0.15, 0.2) is 36.4 Å². The minimum Gasteiger partial charge on any atom is -0.396 e. The molecule has 0 fully saturated rings. The molecule has 1 heterocycles. The minimum absolute atomic E-state index is 0.0294. The number of urea groups is 1. The molecule has 6 nitrogen and oxygen atoms in total. The number of rotatable bonds is 6. The summed E-state index contributed by atoms with van der Waals surface area (Å²) in [5.41, 5.74) is 1.96. The zero-order valence-electron chi connectivity index (χ0n) is 12.9. The Kier molecular flexibility index (Phi) is 5.55. The summed E-state index contributed by atoms with van der Waals surface area (Å²) in [4.78, 5) is 11.9. The van der Waals surface area contributed by atoms with Gasteiger partial charge in [-0.2, -0.15) is 5.10 Å². The molecule has 1 aromatic heterocycles. The van der Waals surface area contributed by atoms with Gasteiger partial charge in [0.05, 0.1) is 12.2 Å².